The number of aliphatic carboxylic acids is 1. The van der Waals surface area contributed by atoms with Crippen LogP contribution in [-0.2, 0) is 14.4 Å². The molecule has 172 valence electrons. The molecule has 2 amide bonds. The van der Waals surface area contributed by atoms with Crippen molar-refractivity contribution in [3.63, 3.8) is 0 Å². The first-order valence-corrected chi connectivity index (χ1v) is 11.4. The lowest BCUT2D eigenvalue weighted by molar-refractivity contribution is -0.138. The van der Waals surface area contributed by atoms with E-state index in [2.05, 4.69) is 29.6 Å². The third-order valence-electron chi connectivity index (χ3n) is 6.54. The van der Waals surface area contributed by atoms with Gasteiger partial charge >= 0.3 is 5.97 Å². The molecule has 0 atom stereocenters. The Kier molecular flexibility index (Phi) is 6.67. The first kappa shape index (κ1) is 22.2. The lowest BCUT2D eigenvalue weighted by atomic mass is 9.86. The van der Waals surface area contributed by atoms with E-state index in [0.717, 1.165) is 37.4 Å². The molecule has 1 aromatic carbocycles. The minimum absolute atomic E-state index is 0.163. The second kappa shape index (κ2) is 9.63. The highest BCUT2D eigenvalue weighted by molar-refractivity contribution is 6.19. The van der Waals surface area contributed by atoms with Gasteiger partial charge in [-0.15, -0.1) is 0 Å². The quantitative estimate of drug-likeness (QED) is 0.533. The molecule has 0 unspecified atom stereocenters. The molecule has 3 aliphatic rings. The molecule has 4 rings (SSSR count). The van der Waals surface area contributed by atoms with E-state index in [1.165, 1.54) is 18.4 Å². The van der Waals surface area contributed by atoms with Crippen LogP contribution in [0.25, 0.3) is 0 Å². The third-order valence-corrected chi connectivity index (χ3v) is 6.54. The van der Waals surface area contributed by atoms with E-state index in [1.54, 1.807) is 4.90 Å². The van der Waals surface area contributed by atoms with E-state index in [1.807, 2.05) is 0 Å². The Balaban J connectivity index is 1.25. The zero-order valence-electron chi connectivity index (χ0n) is 18.1. The van der Waals surface area contributed by atoms with Gasteiger partial charge in [0.15, 0.2) is 0 Å². The van der Waals surface area contributed by atoms with Gasteiger partial charge in [0.2, 0.25) is 0 Å². The second-order valence-electron chi connectivity index (χ2n) is 9.00. The lowest BCUT2D eigenvalue weighted by Crippen LogP contribution is -2.45. The van der Waals surface area contributed by atoms with Crippen LogP contribution in [0.5, 0.6) is 5.75 Å². The summed E-state index contributed by atoms with van der Waals surface area (Å²) in [5, 5.41) is 20.9. The van der Waals surface area contributed by atoms with E-state index in [9.17, 15) is 19.5 Å². The van der Waals surface area contributed by atoms with Crippen molar-refractivity contribution in [1.29, 1.82) is 0 Å². The molecule has 8 heteroatoms. The fourth-order valence-electron chi connectivity index (χ4n) is 4.57. The molecule has 0 bridgehead atoms. The monoisotopic (exact) mass is 442 g/mol. The Morgan fingerprint density at radius 1 is 1.06 bits per heavy atom. The number of hydrogen-bond donors (Lipinski definition) is 3. The lowest BCUT2D eigenvalue weighted by Gasteiger charge is -2.34. The van der Waals surface area contributed by atoms with Crippen LogP contribution in [0.4, 0.5) is 0 Å². The summed E-state index contributed by atoms with van der Waals surface area (Å²) in [6.07, 6.45) is 6.58. The highest BCUT2D eigenvalue weighted by Gasteiger charge is 2.34. The van der Waals surface area contributed by atoms with Crippen molar-refractivity contribution in [2.75, 3.05) is 19.6 Å². The van der Waals surface area contributed by atoms with Crippen LogP contribution < -0.4 is 10.1 Å². The van der Waals surface area contributed by atoms with Crippen molar-refractivity contribution in [2.24, 2.45) is 5.92 Å². The van der Waals surface area contributed by atoms with Crippen LogP contribution in [-0.4, -0.2) is 58.6 Å². The highest BCUT2D eigenvalue weighted by Crippen LogP contribution is 2.40. The van der Waals surface area contributed by atoms with Crippen LogP contribution in [0.1, 0.15) is 56.4 Å². The van der Waals surface area contributed by atoms with Crippen molar-refractivity contribution in [1.82, 2.24) is 10.2 Å². The van der Waals surface area contributed by atoms with Crippen LogP contribution in [0.15, 0.2) is 35.6 Å². The molecule has 1 aliphatic heterocycles. The average molecular weight is 443 g/mol. The molecule has 0 saturated heterocycles. The summed E-state index contributed by atoms with van der Waals surface area (Å²) in [6.45, 7) is 0.269. The number of benzene rings is 1. The molecule has 0 spiro atoms. The molecule has 1 aromatic rings. The minimum atomic E-state index is -1.21. The number of carboxylic acid groups (broad SMARTS) is 1. The predicted octanol–water partition coefficient (Wildman–Crippen LogP) is 2.75. The normalized spacial score (nSPS) is 23.8. The number of carbonyl (C=O) groups excluding carboxylic acids is 2. The van der Waals surface area contributed by atoms with E-state index < -0.39 is 24.3 Å². The summed E-state index contributed by atoms with van der Waals surface area (Å²) in [4.78, 5) is 37.2. The summed E-state index contributed by atoms with van der Waals surface area (Å²) in [5.74, 6) is -0.927. The Morgan fingerprint density at radius 2 is 1.75 bits per heavy atom. The number of aliphatic hydroxyl groups is 1. The van der Waals surface area contributed by atoms with E-state index in [4.69, 9.17) is 9.84 Å². The van der Waals surface area contributed by atoms with Gasteiger partial charge in [-0.3, -0.25) is 14.4 Å². The second-order valence-corrected chi connectivity index (χ2v) is 9.00. The molecule has 32 heavy (non-hydrogen) atoms. The van der Waals surface area contributed by atoms with Crippen molar-refractivity contribution in [2.45, 2.75) is 57.0 Å². The molecule has 0 aromatic heterocycles. The molecule has 2 saturated carbocycles. The third kappa shape index (κ3) is 5.41. The maximum absolute atomic E-state index is 12.8. The number of carbonyl (C=O) groups is 3. The summed E-state index contributed by atoms with van der Waals surface area (Å²) in [5.41, 5.74) is 1.05. The van der Waals surface area contributed by atoms with Gasteiger partial charge in [-0.05, 0) is 68.1 Å². The Morgan fingerprint density at radius 3 is 2.38 bits per heavy atom. The number of amides is 2. The van der Waals surface area contributed by atoms with Crippen molar-refractivity contribution in [3.05, 3.63) is 41.2 Å². The van der Waals surface area contributed by atoms with Gasteiger partial charge in [0, 0.05) is 19.5 Å². The van der Waals surface area contributed by atoms with Crippen LogP contribution in [0, 0.1) is 5.92 Å². The van der Waals surface area contributed by atoms with E-state index in [-0.39, 0.29) is 23.9 Å². The van der Waals surface area contributed by atoms with Crippen LogP contribution in [0.3, 0.4) is 0 Å². The van der Waals surface area contributed by atoms with Crippen molar-refractivity contribution < 1.29 is 29.3 Å². The number of aliphatic hydroxyl groups excluding tert-OH is 1. The molecule has 3 N–H and O–H groups in total. The van der Waals surface area contributed by atoms with E-state index in [0.29, 0.717) is 19.0 Å². The highest BCUT2D eigenvalue weighted by atomic mass is 16.5. The summed E-state index contributed by atoms with van der Waals surface area (Å²) in [6, 6.07) is 8.44. The van der Waals surface area contributed by atoms with Gasteiger partial charge in [0.05, 0.1) is 6.10 Å². The van der Waals surface area contributed by atoms with Gasteiger partial charge < -0.3 is 25.2 Å². The number of nitrogens with zero attached hydrogens (tertiary/aromatic N) is 1. The number of hydrogen-bond acceptors (Lipinski definition) is 5. The van der Waals surface area contributed by atoms with Crippen LogP contribution in [0.2, 0.25) is 0 Å². The van der Waals surface area contributed by atoms with Gasteiger partial charge in [0.1, 0.15) is 23.6 Å². The topological polar surface area (TPSA) is 116 Å². The molecular formula is C24H30N2O6. The zero-order valence-corrected chi connectivity index (χ0v) is 18.1. The fourth-order valence-corrected chi connectivity index (χ4v) is 4.57. The van der Waals surface area contributed by atoms with Crippen molar-refractivity contribution >= 4 is 17.8 Å². The standard InChI is InChI=1S/C24H30N2O6/c27-20-11-12-26(24(31)22(20)23(30)25-13-21(28)29)14-15-1-7-18(8-2-15)32-19-9-5-17(6-10-19)16-3-4-16/h5-6,9-10,15-16,18,27H,1-4,7-8,11-14H2,(H,25,30)(H,28,29)/t15-,18-. The Bertz CT molecular complexity index is 898. The number of carboxylic acids is 1. The number of ether oxygens (including phenoxy) is 1. The first-order chi connectivity index (χ1) is 15.4. The summed E-state index contributed by atoms with van der Waals surface area (Å²) >= 11 is 0. The van der Waals surface area contributed by atoms with E-state index >= 15 is 0 Å². The first-order valence-electron chi connectivity index (χ1n) is 11.4. The van der Waals surface area contributed by atoms with Gasteiger partial charge in [-0.25, -0.2) is 0 Å². The smallest absolute Gasteiger partial charge is 0.322 e. The van der Waals surface area contributed by atoms with Crippen molar-refractivity contribution in [3.8, 4) is 5.75 Å². The average Bonchev–Trinajstić information content (AvgIpc) is 3.62. The SMILES string of the molecule is O=C(O)CNC(=O)C1=C(O)CCN(C[C@H]2CC[C@H](Oc3ccc(C4CC4)cc3)CC2)C1=O. The largest absolute Gasteiger partial charge is 0.511 e. The minimum Gasteiger partial charge on any atom is -0.511 e. The van der Waals surface area contributed by atoms with Crippen LogP contribution >= 0.6 is 0 Å². The maximum Gasteiger partial charge on any atom is 0.322 e. The Labute approximate surface area is 187 Å². The van der Waals surface area contributed by atoms with Gasteiger partial charge in [-0.1, -0.05) is 12.1 Å². The van der Waals surface area contributed by atoms with Gasteiger partial charge in [-0.2, -0.15) is 0 Å². The molecule has 8 nitrogen and oxygen atoms in total. The summed E-state index contributed by atoms with van der Waals surface area (Å²) in [7, 11) is 0. The predicted molar refractivity (Wildman–Crippen MR) is 116 cm³/mol. The Hall–Kier alpha value is -3.03. The van der Waals surface area contributed by atoms with Gasteiger partial charge in [0.25, 0.3) is 11.8 Å². The molecule has 0 radical (unpaired) electrons. The fraction of sp³-hybridized carbons (Fsp3) is 0.542. The molecule has 2 fully saturated rings. The molecule has 1 heterocycles. The zero-order chi connectivity index (χ0) is 22.7. The number of nitrogens with one attached hydrogen (secondary N) is 1. The summed E-state index contributed by atoms with van der Waals surface area (Å²) < 4.78 is 6.16. The molecular weight excluding hydrogens is 412 g/mol. The molecule has 2 aliphatic carbocycles. The maximum atomic E-state index is 12.8. The number of rotatable bonds is 8.